The van der Waals surface area contributed by atoms with E-state index in [1.165, 1.54) is 12.1 Å². The number of H-pyrrole nitrogens is 1. The first-order valence-electron chi connectivity index (χ1n) is 9.22. The van der Waals surface area contributed by atoms with Gasteiger partial charge in [-0.2, -0.15) is 13.2 Å². The fourth-order valence-corrected chi connectivity index (χ4v) is 3.46. The Morgan fingerprint density at radius 3 is 2.86 bits per heavy atom. The number of aromatic nitrogens is 2. The summed E-state index contributed by atoms with van der Waals surface area (Å²) < 4.78 is 38.4. The van der Waals surface area contributed by atoms with E-state index in [9.17, 15) is 18.0 Å². The number of benzene rings is 1. The molecule has 3 heterocycles. The molecule has 4 rings (SSSR count). The third-order valence-electron chi connectivity index (χ3n) is 4.99. The van der Waals surface area contributed by atoms with E-state index in [1.807, 2.05) is 24.4 Å². The van der Waals surface area contributed by atoms with Gasteiger partial charge in [0.05, 0.1) is 12.1 Å². The Morgan fingerprint density at radius 2 is 2.10 bits per heavy atom. The van der Waals surface area contributed by atoms with Crippen molar-refractivity contribution in [2.45, 2.75) is 12.6 Å². The van der Waals surface area contributed by atoms with Crippen molar-refractivity contribution in [2.75, 3.05) is 25.0 Å². The first kappa shape index (κ1) is 19.0. The SMILES string of the molecule is O=C(CNc1cccc(C(F)(F)F)c1)N1CC=C(c2c[nH]c3ncccc23)CC1. The van der Waals surface area contributed by atoms with Gasteiger partial charge in [-0.15, -0.1) is 0 Å². The maximum absolute atomic E-state index is 12.8. The van der Waals surface area contributed by atoms with Crippen LogP contribution in [0.2, 0.25) is 0 Å². The van der Waals surface area contributed by atoms with Crippen LogP contribution >= 0.6 is 0 Å². The van der Waals surface area contributed by atoms with Crippen LogP contribution in [0.15, 0.2) is 54.9 Å². The first-order chi connectivity index (χ1) is 13.9. The molecule has 1 aliphatic rings. The number of carbonyl (C=O) groups is 1. The fraction of sp³-hybridized carbons (Fsp3) is 0.238. The van der Waals surface area contributed by atoms with Gasteiger partial charge in [0.25, 0.3) is 0 Å². The van der Waals surface area contributed by atoms with E-state index < -0.39 is 11.7 Å². The Balaban J connectivity index is 1.38. The van der Waals surface area contributed by atoms with Crippen molar-refractivity contribution < 1.29 is 18.0 Å². The molecule has 0 saturated carbocycles. The van der Waals surface area contributed by atoms with Crippen LogP contribution in [0.4, 0.5) is 18.9 Å². The van der Waals surface area contributed by atoms with Crippen molar-refractivity contribution in [3.8, 4) is 0 Å². The number of nitrogens with zero attached hydrogens (tertiary/aromatic N) is 2. The number of halogens is 3. The largest absolute Gasteiger partial charge is 0.416 e. The zero-order chi connectivity index (χ0) is 20.4. The molecule has 0 spiro atoms. The number of hydrogen-bond acceptors (Lipinski definition) is 3. The summed E-state index contributed by atoms with van der Waals surface area (Å²) in [6.45, 7) is 0.967. The average molecular weight is 400 g/mol. The van der Waals surface area contributed by atoms with E-state index in [1.54, 1.807) is 11.1 Å². The van der Waals surface area contributed by atoms with Crippen LogP contribution in [0.3, 0.4) is 0 Å². The minimum absolute atomic E-state index is 0.0541. The molecule has 1 aliphatic heterocycles. The molecule has 29 heavy (non-hydrogen) atoms. The molecule has 0 unspecified atom stereocenters. The van der Waals surface area contributed by atoms with Crippen molar-refractivity contribution in [3.05, 3.63) is 66.0 Å². The Labute approximate surface area is 165 Å². The number of pyridine rings is 1. The van der Waals surface area contributed by atoms with Crippen LogP contribution in [-0.4, -0.2) is 40.4 Å². The third kappa shape index (κ3) is 4.11. The topological polar surface area (TPSA) is 61.0 Å². The second-order valence-corrected chi connectivity index (χ2v) is 6.85. The third-order valence-corrected chi connectivity index (χ3v) is 4.99. The number of amides is 1. The number of rotatable bonds is 4. The number of carbonyl (C=O) groups excluding carboxylic acids is 1. The van der Waals surface area contributed by atoms with Gasteiger partial charge in [0.15, 0.2) is 0 Å². The number of nitrogens with one attached hydrogen (secondary N) is 2. The van der Waals surface area contributed by atoms with Gasteiger partial charge in [-0.1, -0.05) is 12.1 Å². The van der Waals surface area contributed by atoms with Gasteiger partial charge in [-0.3, -0.25) is 4.79 Å². The quantitative estimate of drug-likeness (QED) is 0.686. The predicted molar refractivity (Wildman–Crippen MR) is 105 cm³/mol. The average Bonchev–Trinajstić information content (AvgIpc) is 3.16. The highest BCUT2D eigenvalue weighted by atomic mass is 19.4. The maximum atomic E-state index is 12.8. The fourth-order valence-electron chi connectivity index (χ4n) is 3.46. The number of anilines is 1. The summed E-state index contributed by atoms with van der Waals surface area (Å²) in [4.78, 5) is 21.6. The zero-order valence-electron chi connectivity index (χ0n) is 15.5. The van der Waals surface area contributed by atoms with E-state index >= 15 is 0 Å². The monoisotopic (exact) mass is 400 g/mol. The first-order valence-corrected chi connectivity index (χ1v) is 9.22. The molecule has 2 aromatic heterocycles. The summed E-state index contributed by atoms with van der Waals surface area (Å²) >= 11 is 0. The lowest BCUT2D eigenvalue weighted by atomic mass is 9.99. The second-order valence-electron chi connectivity index (χ2n) is 6.85. The lowest BCUT2D eigenvalue weighted by Crippen LogP contribution is -2.38. The van der Waals surface area contributed by atoms with Gasteiger partial charge < -0.3 is 15.2 Å². The molecule has 8 heteroatoms. The van der Waals surface area contributed by atoms with E-state index in [2.05, 4.69) is 15.3 Å². The van der Waals surface area contributed by atoms with E-state index in [0.717, 1.165) is 34.3 Å². The van der Waals surface area contributed by atoms with Crippen LogP contribution in [0.5, 0.6) is 0 Å². The van der Waals surface area contributed by atoms with Crippen LogP contribution < -0.4 is 5.32 Å². The predicted octanol–water partition coefficient (Wildman–Crippen LogP) is 4.31. The Bertz CT molecular complexity index is 1070. The number of aromatic amines is 1. The lowest BCUT2D eigenvalue weighted by molar-refractivity contribution is -0.137. The van der Waals surface area contributed by atoms with Crippen molar-refractivity contribution in [1.82, 2.24) is 14.9 Å². The highest BCUT2D eigenvalue weighted by molar-refractivity contribution is 5.91. The molecule has 0 bridgehead atoms. The molecule has 5 nitrogen and oxygen atoms in total. The molecular formula is C21H19F3N4O. The second kappa shape index (κ2) is 7.62. The minimum Gasteiger partial charge on any atom is -0.376 e. The van der Waals surface area contributed by atoms with Gasteiger partial charge in [0.2, 0.25) is 5.91 Å². The minimum atomic E-state index is -4.41. The Hall–Kier alpha value is -3.29. The van der Waals surface area contributed by atoms with Gasteiger partial charge in [0, 0.05) is 42.1 Å². The van der Waals surface area contributed by atoms with Crippen LogP contribution in [0.25, 0.3) is 16.6 Å². The Morgan fingerprint density at radius 1 is 1.24 bits per heavy atom. The molecule has 0 radical (unpaired) electrons. The molecule has 0 atom stereocenters. The van der Waals surface area contributed by atoms with Gasteiger partial charge in [-0.25, -0.2) is 4.98 Å². The van der Waals surface area contributed by atoms with Gasteiger partial charge >= 0.3 is 6.18 Å². The van der Waals surface area contributed by atoms with Gasteiger partial charge in [0.1, 0.15) is 5.65 Å². The highest BCUT2D eigenvalue weighted by Gasteiger charge is 2.30. The van der Waals surface area contributed by atoms with Crippen molar-refractivity contribution >= 4 is 28.2 Å². The molecule has 0 saturated heterocycles. The number of fused-ring (bicyclic) bond motifs is 1. The smallest absolute Gasteiger partial charge is 0.376 e. The molecular weight excluding hydrogens is 381 g/mol. The van der Waals surface area contributed by atoms with Crippen molar-refractivity contribution in [2.24, 2.45) is 0 Å². The summed E-state index contributed by atoms with van der Waals surface area (Å²) in [5.41, 5.74) is 2.59. The standard InChI is InChI=1S/C21H19F3N4O/c22-21(23,24)15-3-1-4-16(11-15)26-13-19(29)28-9-6-14(7-10-28)18-12-27-20-17(18)5-2-8-25-20/h1-6,8,11-12,26H,7,9-10,13H2,(H,25,27). The molecule has 2 N–H and O–H groups in total. The summed E-state index contributed by atoms with van der Waals surface area (Å²) in [5.74, 6) is -0.154. The summed E-state index contributed by atoms with van der Waals surface area (Å²) in [7, 11) is 0. The van der Waals surface area contributed by atoms with Crippen LogP contribution in [-0.2, 0) is 11.0 Å². The molecule has 1 amide bonds. The maximum Gasteiger partial charge on any atom is 0.416 e. The van der Waals surface area contributed by atoms with Gasteiger partial charge in [-0.05, 0) is 42.3 Å². The normalized spacial score (nSPS) is 14.7. The molecule has 0 fully saturated rings. The van der Waals surface area contributed by atoms with Crippen LogP contribution in [0.1, 0.15) is 17.5 Å². The van der Waals surface area contributed by atoms with Crippen LogP contribution in [0, 0.1) is 0 Å². The summed E-state index contributed by atoms with van der Waals surface area (Å²) in [6, 6.07) is 8.74. The molecule has 150 valence electrons. The molecule has 1 aromatic carbocycles. The summed E-state index contributed by atoms with van der Waals surface area (Å²) in [5, 5.41) is 3.84. The van der Waals surface area contributed by atoms with E-state index in [4.69, 9.17) is 0 Å². The van der Waals surface area contributed by atoms with E-state index in [-0.39, 0.29) is 18.1 Å². The highest BCUT2D eigenvalue weighted by Crippen LogP contribution is 2.31. The Kier molecular flexibility index (Phi) is 5.00. The van der Waals surface area contributed by atoms with Crippen molar-refractivity contribution in [1.29, 1.82) is 0 Å². The number of hydrogen-bond donors (Lipinski definition) is 2. The zero-order valence-corrected chi connectivity index (χ0v) is 15.5. The molecule has 3 aromatic rings. The number of alkyl halides is 3. The van der Waals surface area contributed by atoms with E-state index in [0.29, 0.717) is 19.5 Å². The summed E-state index contributed by atoms with van der Waals surface area (Å²) in [6.07, 6.45) is 1.97. The lowest BCUT2D eigenvalue weighted by Gasteiger charge is -2.27. The van der Waals surface area contributed by atoms with Crippen molar-refractivity contribution in [3.63, 3.8) is 0 Å². The molecule has 0 aliphatic carbocycles.